The van der Waals surface area contributed by atoms with Crippen LogP contribution in [0.1, 0.15) is 23.8 Å². The Hall–Kier alpha value is -3.25. The molecule has 1 fully saturated rings. The third-order valence-electron chi connectivity index (χ3n) is 5.83. The average Bonchev–Trinajstić information content (AvgIpc) is 3.30. The van der Waals surface area contributed by atoms with Gasteiger partial charge in [0.05, 0.1) is 17.0 Å². The predicted molar refractivity (Wildman–Crippen MR) is 115 cm³/mol. The van der Waals surface area contributed by atoms with E-state index in [9.17, 15) is 37.4 Å². The number of hydrogen-bond donors (Lipinski definition) is 3. The van der Waals surface area contributed by atoms with Gasteiger partial charge in [-0.25, -0.2) is 22.4 Å². The third-order valence-corrected chi connectivity index (χ3v) is 6.74. The minimum absolute atomic E-state index is 0.0675. The summed E-state index contributed by atoms with van der Waals surface area (Å²) in [4.78, 5) is 29.8. The van der Waals surface area contributed by atoms with E-state index in [0.29, 0.717) is 10.4 Å². The summed E-state index contributed by atoms with van der Waals surface area (Å²) in [6.07, 6.45) is -0.912. The predicted octanol–water partition coefficient (Wildman–Crippen LogP) is 3.42. The van der Waals surface area contributed by atoms with Crippen molar-refractivity contribution in [2.45, 2.75) is 30.8 Å². The Morgan fingerprint density at radius 2 is 1.88 bits per heavy atom. The van der Waals surface area contributed by atoms with E-state index >= 15 is 0 Å². The van der Waals surface area contributed by atoms with Gasteiger partial charge in [-0.05, 0) is 30.7 Å². The molecule has 0 saturated carbocycles. The Balaban J connectivity index is 1.85. The summed E-state index contributed by atoms with van der Waals surface area (Å²) in [6, 6.07) is 4.60. The van der Waals surface area contributed by atoms with E-state index in [2.05, 4.69) is 10.3 Å². The van der Waals surface area contributed by atoms with Crippen LogP contribution >= 0.6 is 11.3 Å². The summed E-state index contributed by atoms with van der Waals surface area (Å²) < 4.78 is 55.4. The molecule has 0 amide bonds. The van der Waals surface area contributed by atoms with Crippen LogP contribution in [0.15, 0.2) is 52.0 Å². The zero-order valence-electron chi connectivity index (χ0n) is 17.7. The number of likely N-dealkylation sites (tertiary alicyclic amines) is 1. The first-order chi connectivity index (χ1) is 15.9. The van der Waals surface area contributed by atoms with E-state index in [1.165, 1.54) is 30.5 Å². The number of alkyl halides is 2. The summed E-state index contributed by atoms with van der Waals surface area (Å²) >= 11 is 0.988. The summed E-state index contributed by atoms with van der Waals surface area (Å²) in [6.45, 7) is 0.120. The number of nitrogens with one attached hydrogen (secondary N) is 1. The van der Waals surface area contributed by atoms with Crippen LogP contribution in [0, 0.1) is 11.6 Å². The van der Waals surface area contributed by atoms with Gasteiger partial charge in [0.2, 0.25) is 0 Å². The van der Waals surface area contributed by atoms with Gasteiger partial charge < -0.3 is 15.5 Å². The normalized spacial score (nSPS) is 24.6. The fourth-order valence-electron chi connectivity index (χ4n) is 4.30. The number of carboxylic acid groups (broad SMARTS) is 2. The molecule has 3 N–H and O–H groups in total. The molecule has 2 aromatic rings. The van der Waals surface area contributed by atoms with Crippen molar-refractivity contribution in [2.75, 3.05) is 13.1 Å². The van der Waals surface area contributed by atoms with Crippen LogP contribution in [0.4, 0.5) is 17.6 Å². The molecule has 0 aliphatic carbocycles. The SMILES string of the molecule is C[C@@]1(c2ccc(F)cc2)N=C(c2cc(F)cs2)NC(CN2CC(F)(F)C[C@H]2C(=O)O)=C1C(=O)O. The second kappa shape index (κ2) is 8.51. The number of nitrogens with zero attached hydrogens (tertiary/aromatic N) is 2. The van der Waals surface area contributed by atoms with Crippen LogP contribution in [-0.2, 0) is 15.1 Å². The van der Waals surface area contributed by atoms with E-state index in [1.807, 2.05) is 0 Å². The summed E-state index contributed by atoms with van der Waals surface area (Å²) in [5, 5.41) is 23.5. The highest BCUT2D eigenvalue weighted by Crippen LogP contribution is 2.40. The number of carbonyl (C=O) groups is 2. The molecule has 2 aliphatic heterocycles. The molecule has 2 atom stereocenters. The lowest BCUT2D eigenvalue weighted by atomic mass is 9.82. The number of halogens is 4. The number of amidine groups is 1. The van der Waals surface area contributed by atoms with Gasteiger partial charge in [-0.3, -0.25) is 14.7 Å². The van der Waals surface area contributed by atoms with Crippen molar-refractivity contribution < 1.29 is 37.4 Å². The third kappa shape index (κ3) is 4.42. The van der Waals surface area contributed by atoms with Gasteiger partial charge in [-0.15, -0.1) is 11.3 Å². The first-order valence-corrected chi connectivity index (χ1v) is 11.0. The minimum atomic E-state index is -3.27. The molecule has 0 radical (unpaired) electrons. The Bertz CT molecular complexity index is 1210. The van der Waals surface area contributed by atoms with E-state index in [4.69, 9.17) is 0 Å². The zero-order chi connectivity index (χ0) is 24.8. The fraction of sp³-hybridized carbons (Fsp3) is 0.318. The number of hydrogen-bond acceptors (Lipinski definition) is 6. The van der Waals surface area contributed by atoms with Gasteiger partial charge in [0, 0.05) is 24.0 Å². The van der Waals surface area contributed by atoms with Crippen LogP contribution in [0.25, 0.3) is 0 Å². The van der Waals surface area contributed by atoms with Crippen molar-refractivity contribution in [3.8, 4) is 0 Å². The number of aliphatic imine (C=N–C) groups is 1. The van der Waals surface area contributed by atoms with Crippen molar-refractivity contribution in [1.82, 2.24) is 10.2 Å². The maximum Gasteiger partial charge on any atom is 0.336 e. The quantitative estimate of drug-likeness (QED) is 0.529. The average molecular weight is 497 g/mol. The molecule has 2 aliphatic rings. The first kappa shape index (κ1) is 23.9. The van der Waals surface area contributed by atoms with E-state index in [-0.39, 0.29) is 17.1 Å². The van der Waals surface area contributed by atoms with Gasteiger partial charge in [0.1, 0.15) is 29.1 Å². The lowest BCUT2D eigenvalue weighted by Gasteiger charge is -2.36. The number of rotatable bonds is 6. The highest BCUT2D eigenvalue weighted by molar-refractivity contribution is 7.12. The highest BCUT2D eigenvalue weighted by atomic mass is 32.1. The molecule has 0 bridgehead atoms. The first-order valence-electron chi connectivity index (χ1n) is 10.1. The Labute approximate surface area is 195 Å². The van der Waals surface area contributed by atoms with Gasteiger partial charge >= 0.3 is 11.9 Å². The maximum atomic E-state index is 14.1. The topological polar surface area (TPSA) is 102 Å². The number of benzene rings is 1. The molecule has 12 heteroatoms. The van der Waals surface area contributed by atoms with Crippen LogP contribution in [0.5, 0.6) is 0 Å². The van der Waals surface area contributed by atoms with Crippen LogP contribution < -0.4 is 5.32 Å². The Morgan fingerprint density at radius 3 is 2.44 bits per heavy atom. The van der Waals surface area contributed by atoms with Gasteiger partial charge in [0.15, 0.2) is 0 Å². The molecule has 1 aromatic heterocycles. The van der Waals surface area contributed by atoms with Gasteiger partial charge in [-0.2, -0.15) is 0 Å². The monoisotopic (exact) mass is 497 g/mol. The molecule has 1 aromatic carbocycles. The highest BCUT2D eigenvalue weighted by Gasteiger charge is 2.50. The van der Waals surface area contributed by atoms with Crippen LogP contribution in [-0.4, -0.2) is 57.9 Å². The minimum Gasteiger partial charge on any atom is -0.480 e. The number of carboxylic acids is 2. The Morgan fingerprint density at radius 1 is 1.21 bits per heavy atom. The molecule has 34 heavy (non-hydrogen) atoms. The van der Waals surface area contributed by atoms with Crippen molar-refractivity contribution in [1.29, 1.82) is 0 Å². The van der Waals surface area contributed by atoms with Crippen LogP contribution in [0.3, 0.4) is 0 Å². The second-order valence-corrected chi connectivity index (χ2v) is 9.18. The fourth-order valence-corrected chi connectivity index (χ4v) is 4.99. The summed E-state index contributed by atoms with van der Waals surface area (Å²) in [7, 11) is 0. The second-order valence-electron chi connectivity index (χ2n) is 8.27. The molecule has 1 saturated heterocycles. The standard InChI is InChI=1S/C22H19F4N3O4S/c1-21(11-2-4-12(23)5-3-11)17(20(32)33)14(27-18(28-21)16-6-13(24)9-34-16)8-29-10-22(25,26)7-15(29)19(30)31/h2-6,9,15H,7-8,10H2,1H3,(H,27,28)(H,30,31)(H,32,33)/t15-,21-/m0/s1. The number of thiophene rings is 1. The zero-order valence-corrected chi connectivity index (χ0v) is 18.5. The van der Waals surface area contributed by atoms with Crippen molar-refractivity contribution in [3.05, 3.63) is 69.1 Å². The lowest BCUT2D eigenvalue weighted by molar-refractivity contribution is -0.142. The molecular formula is C22H19F4N3O4S. The summed E-state index contributed by atoms with van der Waals surface area (Å²) in [5.41, 5.74) is -1.71. The van der Waals surface area contributed by atoms with Crippen molar-refractivity contribution in [3.63, 3.8) is 0 Å². The van der Waals surface area contributed by atoms with Crippen molar-refractivity contribution >= 4 is 29.1 Å². The van der Waals surface area contributed by atoms with Crippen LogP contribution in [0.2, 0.25) is 0 Å². The summed E-state index contributed by atoms with van der Waals surface area (Å²) in [5.74, 6) is -7.18. The molecular weight excluding hydrogens is 478 g/mol. The Kier molecular flexibility index (Phi) is 5.98. The molecule has 0 unspecified atom stereocenters. The van der Waals surface area contributed by atoms with E-state index in [1.54, 1.807) is 0 Å². The molecule has 4 rings (SSSR count). The molecule has 0 spiro atoms. The lowest BCUT2D eigenvalue weighted by Crippen LogP contribution is -2.46. The molecule has 3 heterocycles. The maximum absolute atomic E-state index is 14.1. The smallest absolute Gasteiger partial charge is 0.336 e. The van der Waals surface area contributed by atoms with Crippen molar-refractivity contribution in [2.24, 2.45) is 4.99 Å². The molecule has 7 nitrogen and oxygen atoms in total. The largest absolute Gasteiger partial charge is 0.480 e. The van der Waals surface area contributed by atoms with Gasteiger partial charge in [-0.1, -0.05) is 12.1 Å². The number of aliphatic carboxylic acids is 2. The molecule has 180 valence electrons. The van der Waals surface area contributed by atoms with E-state index in [0.717, 1.165) is 28.4 Å². The van der Waals surface area contributed by atoms with E-state index < -0.39 is 60.6 Å². The van der Waals surface area contributed by atoms with Gasteiger partial charge in [0.25, 0.3) is 5.92 Å².